The van der Waals surface area contributed by atoms with Crippen LogP contribution in [0.25, 0.3) is 0 Å². The molecule has 0 N–H and O–H groups in total. The Labute approximate surface area is 101 Å². The Morgan fingerprint density at radius 3 is 2.50 bits per heavy atom. The summed E-state index contributed by atoms with van der Waals surface area (Å²) < 4.78 is 40.9. The van der Waals surface area contributed by atoms with Gasteiger partial charge in [-0.2, -0.15) is 13.2 Å². The van der Waals surface area contributed by atoms with Crippen LogP contribution in [-0.4, -0.2) is 24.9 Å². The summed E-state index contributed by atoms with van der Waals surface area (Å²) >= 11 is 0. The van der Waals surface area contributed by atoms with Gasteiger partial charge in [-0.3, -0.25) is 9.69 Å². The Bertz CT molecular complexity index is 456. The van der Waals surface area contributed by atoms with E-state index in [1.54, 1.807) is 30.3 Å². The van der Waals surface area contributed by atoms with Crippen molar-refractivity contribution < 1.29 is 22.7 Å². The third kappa shape index (κ3) is 2.89. The Hall–Kier alpha value is -1.82. The summed E-state index contributed by atoms with van der Waals surface area (Å²) in [7, 11) is 0. The third-order valence-electron chi connectivity index (χ3n) is 2.35. The highest BCUT2D eigenvalue weighted by atomic mass is 19.4. The Kier molecular flexibility index (Phi) is 3.38. The van der Waals surface area contributed by atoms with E-state index >= 15 is 0 Å². The van der Waals surface area contributed by atoms with Crippen LogP contribution in [-0.2, 0) is 9.53 Å². The molecule has 1 aliphatic heterocycles. The normalized spacial score (nSPS) is 19.6. The van der Waals surface area contributed by atoms with Crippen LogP contribution >= 0.6 is 0 Å². The molecule has 18 heavy (non-hydrogen) atoms. The molecule has 6 heteroatoms. The number of nitrogens with zero attached hydrogens (tertiary/aromatic N) is 1. The zero-order valence-corrected chi connectivity index (χ0v) is 9.22. The van der Waals surface area contributed by atoms with Crippen molar-refractivity contribution in [1.29, 1.82) is 0 Å². The van der Waals surface area contributed by atoms with E-state index in [1.165, 1.54) is 17.1 Å². The summed E-state index contributed by atoms with van der Waals surface area (Å²) in [5.41, 5.74) is 0.500. The maximum Gasteiger partial charge on any atom is 0.411 e. The lowest BCUT2D eigenvalue weighted by Gasteiger charge is -2.25. The molecule has 0 saturated carbocycles. The summed E-state index contributed by atoms with van der Waals surface area (Å²) in [5, 5.41) is 0. The van der Waals surface area contributed by atoms with Gasteiger partial charge in [-0.15, -0.1) is 0 Å². The van der Waals surface area contributed by atoms with E-state index in [1.807, 2.05) is 0 Å². The first-order valence-electron chi connectivity index (χ1n) is 5.22. The van der Waals surface area contributed by atoms with E-state index in [0.29, 0.717) is 5.69 Å². The van der Waals surface area contributed by atoms with E-state index < -0.39 is 24.9 Å². The first-order chi connectivity index (χ1) is 8.47. The molecule has 0 bridgehead atoms. The lowest BCUT2D eigenvalue weighted by molar-refractivity contribution is -0.180. The maximum absolute atomic E-state index is 12.1. The number of para-hydroxylation sites is 1. The number of hydrogen-bond donors (Lipinski definition) is 0. The molecular weight excluding hydrogens is 247 g/mol. The predicted molar refractivity (Wildman–Crippen MR) is 58.9 cm³/mol. The summed E-state index contributed by atoms with van der Waals surface area (Å²) in [6.45, 7) is -1.39. The van der Waals surface area contributed by atoms with Gasteiger partial charge in [-0.05, 0) is 18.2 Å². The van der Waals surface area contributed by atoms with Gasteiger partial charge in [-0.1, -0.05) is 18.2 Å². The molecule has 1 aliphatic rings. The van der Waals surface area contributed by atoms with Crippen LogP contribution in [0.3, 0.4) is 0 Å². The number of anilines is 1. The summed E-state index contributed by atoms with van der Waals surface area (Å²) in [6.07, 6.45) is -2.92. The molecular formula is C12H10F3NO2. The molecule has 0 fully saturated rings. The van der Waals surface area contributed by atoms with Gasteiger partial charge in [0.15, 0.2) is 6.23 Å². The highest BCUT2D eigenvalue weighted by Gasteiger charge is 2.33. The third-order valence-corrected chi connectivity index (χ3v) is 2.35. The minimum absolute atomic E-state index is 0.395. The second kappa shape index (κ2) is 4.81. The molecule has 0 aromatic heterocycles. The number of rotatable bonds is 3. The van der Waals surface area contributed by atoms with E-state index in [4.69, 9.17) is 4.74 Å². The minimum atomic E-state index is -4.41. The Morgan fingerprint density at radius 1 is 1.22 bits per heavy atom. The topological polar surface area (TPSA) is 29.5 Å². The van der Waals surface area contributed by atoms with Crippen molar-refractivity contribution in [3.05, 3.63) is 42.5 Å². The molecule has 96 valence electrons. The monoisotopic (exact) mass is 257 g/mol. The van der Waals surface area contributed by atoms with Crippen LogP contribution in [0.5, 0.6) is 0 Å². The number of alkyl halides is 3. The molecule has 1 unspecified atom stereocenters. The number of ether oxygens (including phenoxy) is 1. The molecule has 1 atom stereocenters. The van der Waals surface area contributed by atoms with Crippen molar-refractivity contribution in [3.8, 4) is 0 Å². The van der Waals surface area contributed by atoms with Gasteiger partial charge in [0, 0.05) is 11.8 Å². The molecule has 0 saturated heterocycles. The average molecular weight is 257 g/mol. The van der Waals surface area contributed by atoms with E-state index in [-0.39, 0.29) is 0 Å². The Morgan fingerprint density at radius 2 is 1.89 bits per heavy atom. The van der Waals surface area contributed by atoms with Gasteiger partial charge in [0.2, 0.25) is 0 Å². The number of carbonyl (C=O) groups excluding carboxylic acids is 1. The predicted octanol–water partition coefficient (Wildman–Crippen LogP) is 2.49. The van der Waals surface area contributed by atoms with Crippen LogP contribution < -0.4 is 4.90 Å². The van der Waals surface area contributed by atoms with Gasteiger partial charge < -0.3 is 4.74 Å². The lowest BCUT2D eigenvalue weighted by Crippen LogP contribution is -2.37. The zero-order chi connectivity index (χ0) is 13.2. The lowest BCUT2D eigenvalue weighted by atomic mass is 10.3. The standard InChI is InChI=1S/C12H10F3NO2/c13-12(14,15)8-18-11-7-6-10(17)16(11)9-4-2-1-3-5-9/h1-7,11H,8H2. The first-order valence-corrected chi connectivity index (χ1v) is 5.22. The van der Waals surface area contributed by atoms with Crippen LogP contribution in [0.4, 0.5) is 18.9 Å². The van der Waals surface area contributed by atoms with Gasteiger partial charge in [-0.25, -0.2) is 0 Å². The van der Waals surface area contributed by atoms with Gasteiger partial charge in [0.1, 0.15) is 6.61 Å². The number of amides is 1. The highest BCUT2D eigenvalue weighted by Crippen LogP contribution is 2.24. The fourth-order valence-electron chi connectivity index (χ4n) is 1.63. The number of halogens is 3. The summed E-state index contributed by atoms with van der Waals surface area (Å²) in [4.78, 5) is 12.8. The van der Waals surface area contributed by atoms with E-state index in [9.17, 15) is 18.0 Å². The van der Waals surface area contributed by atoms with Crippen molar-refractivity contribution >= 4 is 11.6 Å². The van der Waals surface area contributed by atoms with Crippen molar-refractivity contribution in [3.63, 3.8) is 0 Å². The molecule has 2 rings (SSSR count). The fraction of sp³-hybridized carbons (Fsp3) is 0.250. The molecule has 3 nitrogen and oxygen atoms in total. The maximum atomic E-state index is 12.1. The second-order valence-corrected chi connectivity index (χ2v) is 3.72. The van der Waals surface area contributed by atoms with Crippen molar-refractivity contribution in [2.75, 3.05) is 11.5 Å². The van der Waals surface area contributed by atoms with Crippen LogP contribution in [0.15, 0.2) is 42.5 Å². The number of hydrogen-bond acceptors (Lipinski definition) is 2. The highest BCUT2D eigenvalue weighted by molar-refractivity contribution is 6.04. The largest absolute Gasteiger partial charge is 0.411 e. The van der Waals surface area contributed by atoms with Crippen molar-refractivity contribution in [1.82, 2.24) is 0 Å². The van der Waals surface area contributed by atoms with E-state index in [2.05, 4.69) is 0 Å². The number of carbonyl (C=O) groups is 1. The molecule has 1 aromatic rings. The molecule has 0 aliphatic carbocycles. The smallest absolute Gasteiger partial charge is 0.345 e. The summed E-state index contributed by atoms with van der Waals surface area (Å²) in [6, 6.07) is 8.41. The van der Waals surface area contributed by atoms with Crippen LogP contribution in [0.1, 0.15) is 0 Å². The first kappa shape index (κ1) is 12.6. The second-order valence-electron chi connectivity index (χ2n) is 3.72. The van der Waals surface area contributed by atoms with Crippen molar-refractivity contribution in [2.24, 2.45) is 0 Å². The van der Waals surface area contributed by atoms with E-state index in [0.717, 1.165) is 0 Å². The van der Waals surface area contributed by atoms with Gasteiger partial charge in [0.05, 0.1) is 0 Å². The number of benzene rings is 1. The quantitative estimate of drug-likeness (QED) is 0.832. The molecule has 1 aromatic carbocycles. The van der Waals surface area contributed by atoms with Crippen molar-refractivity contribution in [2.45, 2.75) is 12.4 Å². The average Bonchev–Trinajstić information content (AvgIpc) is 2.68. The van der Waals surface area contributed by atoms with Crippen LogP contribution in [0, 0.1) is 0 Å². The van der Waals surface area contributed by atoms with Crippen LogP contribution in [0.2, 0.25) is 0 Å². The van der Waals surface area contributed by atoms with Gasteiger partial charge >= 0.3 is 6.18 Å². The van der Waals surface area contributed by atoms with Gasteiger partial charge in [0.25, 0.3) is 5.91 Å². The Balaban J connectivity index is 2.11. The fourth-order valence-corrected chi connectivity index (χ4v) is 1.63. The molecule has 0 radical (unpaired) electrons. The molecule has 1 amide bonds. The SMILES string of the molecule is O=C1C=CC(OCC(F)(F)F)N1c1ccccc1. The molecule has 0 spiro atoms. The molecule has 1 heterocycles. The minimum Gasteiger partial charge on any atom is -0.345 e. The summed E-state index contributed by atoms with van der Waals surface area (Å²) in [5.74, 6) is -0.395. The zero-order valence-electron chi connectivity index (χ0n) is 9.22.